The van der Waals surface area contributed by atoms with Gasteiger partial charge in [-0.3, -0.25) is 0 Å². The highest BCUT2D eigenvalue weighted by Gasteiger charge is 2.56. The van der Waals surface area contributed by atoms with Crippen molar-refractivity contribution in [2.45, 2.75) is 170 Å². The minimum absolute atomic E-state index is 0.639. The SMILES string of the molecule is C[Si](C)(CCC1CCC2OC2C1)O[Si](C1CCCCC1)(C1CCCCC1)C1CCCCC1. The van der Waals surface area contributed by atoms with Gasteiger partial charge in [0.1, 0.15) is 0 Å². The Morgan fingerprint density at radius 2 is 1.12 bits per heavy atom. The molecule has 4 saturated carbocycles. The second-order valence-electron chi connectivity index (χ2n) is 13.2. The molecule has 1 aliphatic heterocycles. The second kappa shape index (κ2) is 10.5. The summed E-state index contributed by atoms with van der Waals surface area (Å²) in [6, 6.07) is 1.41. The third-order valence-electron chi connectivity index (χ3n) is 10.5. The molecule has 3 unspecified atom stereocenters. The first-order valence-corrected chi connectivity index (χ1v) is 20.2. The fourth-order valence-corrected chi connectivity index (χ4v) is 22.0. The standard InChI is InChI=1S/C28H52O2Si2/c1-31(2,21-20-23-18-19-27-28(22-23)29-27)30-32(24-12-6-3-7-13-24,25-14-8-4-9-15-25)26-16-10-5-11-17-26/h23-28H,3-22H2,1-2H3. The third kappa shape index (κ3) is 5.44. The molecule has 0 aromatic heterocycles. The van der Waals surface area contributed by atoms with Crippen LogP contribution in [0.25, 0.3) is 0 Å². The van der Waals surface area contributed by atoms with E-state index in [2.05, 4.69) is 13.1 Å². The molecule has 0 aromatic rings. The van der Waals surface area contributed by atoms with Crippen molar-refractivity contribution >= 4 is 16.6 Å². The monoisotopic (exact) mass is 476 g/mol. The topological polar surface area (TPSA) is 21.8 Å². The lowest BCUT2D eigenvalue weighted by Gasteiger charge is -2.55. The first-order chi connectivity index (χ1) is 15.6. The summed E-state index contributed by atoms with van der Waals surface area (Å²) in [5.74, 6) is 0.921. The molecule has 5 rings (SSSR count). The number of epoxide rings is 1. The fraction of sp³-hybridized carbons (Fsp3) is 1.00. The zero-order valence-corrected chi connectivity index (χ0v) is 23.4. The average Bonchev–Trinajstić information content (AvgIpc) is 3.62. The summed E-state index contributed by atoms with van der Waals surface area (Å²) in [5.41, 5.74) is 2.97. The van der Waals surface area contributed by atoms with Crippen molar-refractivity contribution < 1.29 is 8.85 Å². The maximum Gasteiger partial charge on any atom is 0.189 e. The second-order valence-corrected chi connectivity index (χ2v) is 22.1. The Kier molecular flexibility index (Phi) is 7.93. The van der Waals surface area contributed by atoms with Crippen LogP contribution in [0.2, 0.25) is 35.8 Å². The van der Waals surface area contributed by atoms with Gasteiger partial charge in [-0.05, 0) is 60.9 Å². The van der Waals surface area contributed by atoms with Crippen LogP contribution in [0.4, 0.5) is 0 Å². The predicted octanol–water partition coefficient (Wildman–Crippen LogP) is 9.11. The van der Waals surface area contributed by atoms with Crippen molar-refractivity contribution in [3.05, 3.63) is 0 Å². The Labute approximate surface area is 201 Å². The number of ether oxygens (including phenoxy) is 1. The van der Waals surface area contributed by atoms with E-state index < -0.39 is 16.6 Å². The Morgan fingerprint density at radius 3 is 1.59 bits per heavy atom. The Morgan fingerprint density at radius 1 is 0.625 bits per heavy atom. The summed E-state index contributed by atoms with van der Waals surface area (Å²) >= 11 is 0. The van der Waals surface area contributed by atoms with Crippen molar-refractivity contribution in [3.63, 3.8) is 0 Å². The lowest BCUT2D eigenvalue weighted by molar-refractivity contribution is 0.333. The van der Waals surface area contributed by atoms with Gasteiger partial charge in [-0.25, -0.2) is 0 Å². The van der Waals surface area contributed by atoms with E-state index in [1.165, 1.54) is 128 Å². The summed E-state index contributed by atoms with van der Waals surface area (Å²) < 4.78 is 13.9. The largest absolute Gasteiger partial charge is 0.455 e. The van der Waals surface area contributed by atoms with Crippen LogP contribution in [-0.4, -0.2) is 28.8 Å². The number of fused-ring (bicyclic) bond motifs is 1. The highest BCUT2D eigenvalue weighted by molar-refractivity contribution is 6.88. The molecule has 3 atom stereocenters. The number of hydrogen-bond acceptors (Lipinski definition) is 2. The molecular weight excluding hydrogens is 424 g/mol. The Balaban J connectivity index is 1.36. The number of hydrogen-bond donors (Lipinski definition) is 0. The molecule has 0 aromatic carbocycles. The van der Waals surface area contributed by atoms with Crippen molar-refractivity contribution in [3.8, 4) is 0 Å². The summed E-state index contributed by atoms with van der Waals surface area (Å²) in [6.45, 7) is 5.28. The number of rotatable bonds is 8. The Bertz CT molecular complexity index is 545. The molecule has 0 N–H and O–H groups in total. The van der Waals surface area contributed by atoms with E-state index in [1.54, 1.807) is 0 Å². The normalized spacial score (nSPS) is 33.8. The molecule has 0 bridgehead atoms. The van der Waals surface area contributed by atoms with E-state index in [0.717, 1.165) is 22.5 Å². The van der Waals surface area contributed by atoms with Gasteiger partial charge >= 0.3 is 0 Å². The molecule has 2 nitrogen and oxygen atoms in total. The molecule has 1 heterocycles. The van der Waals surface area contributed by atoms with Gasteiger partial charge in [0.25, 0.3) is 0 Å². The average molecular weight is 477 g/mol. The molecule has 4 aliphatic carbocycles. The molecule has 1 saturated heterocycles. The maximum atomic E-state index is 8.02. The Hall–Kier alpha value is 0.354. The van der Waals surface area contributed by atoms with Crippen LogP contribution < -0.4 is 0 Å². The minimum Gasteiger partial charge on any atom is -0.455 e. The smallest absolute Gasteiger partial charge is 0.189 e. The van der Waals surface area contributed by atoms with Crippen molar-refractivity contribution in [2.24, 2.45) is 5.92 Å². The van der Waals surface area contributed by atoms with E-state index in [1.807, 2.05) is 0 Å². The molecule has 0 amide bonds. The lowest BCUT2D eigenvalue weighted by atomic mass is 9.88. The van der Waals surface area contributed by atoms with Gasteiger partial charge in [-0.2, -0.15) is 0 Å². The van der Waals surface area contributed by atoms with E-state index >= 15 is 0 Å². The van der Waals surface area contributed by atoms with Crippen LogP contribution in [0.1, 0.15) is 122 Å². The molecule has 5 fully saturated rings. The molecule has 5 aliphatic rings. The van der Waals surface area contributed by atoms with Crippen molar-refractivity contribution in [2.75, 3.05) is 0 Å². The predicted molar refractivity (Wildman–Crippen MR) is 140 cm³/mol. The highest BCUT2D eigenvalue weighted by Crippen LogP contribution is 2.58. The zero-order chi connectivity index (χ0) is 22.0. The summed E-state index contributed by atoms with van der Waals surface area (Å²) in [6.07, 6.45) is 29.4. The maximum absolute atomic E-state index is 8.02. The molecule has 32 heavy (non-hydrogen) atoms. The molecular formula is C28H52O2Si2. The van der Waals surface area contributed by atoms with Gasteiger partial charge in [0.2, 0.25) is 0 Å². The zero-order valence-electron chi connectivity index (χ0n) is 21.4. The van der Waals surface area contributed by atoms with E-state index in [-0.39, 0.29) is 0 Å². The van der Waals surface area contributed by atoms with Crippen LogP contribution in [0.15, 0.2) is 0 Å². The minimum atomic E-state index is -1.78. The van der Waals surface area contributed by atoms with Gasteiger partial charge in [-0.1, -0.05) is 103 Å². The van der Waals surface area contributed by atoms with Crippen LogP contribution >= 0.6 is 0 Å². The summed E-state index contributed by atoms with van der Waals surface area (Å²) in [7, 11) is -3.45. The summed E-state index contributed by atoms with van der Waals surface area (Å²) in [4.78, 5) is 0. The van der Waals surface area contributed by atoms with E-state index in [4.69, 9.17) is 8.85 Å². The van der Waals surface area contributed by atoms with E-state index in [0.29, 0.717) is 12.2 Å². The van der Waals surface area contributed by atoms with E-state index in [9.17, 15) is 0 Å². The molecule has 184 valence electrons. The van der Waals surface area contributed by atoms with Gasteiger partial charge in [0.05, 0.1) is 12.2 Å². The quantitative estimate of drug-likeness (QED) is 0.257. The first kappa shape index (κ1) is 24.1. The van der Waals surface area contributed by atoms with Crippen molar-refractivity contribution in [1.29, 1.82) is 0 Å². The van der Waals surface area contributed by atoms with Crippen molar-refractivity contribution in [1.82, 2.24) is 0 Å². The van der Waals surface area contributed by atoms with Gasteiger partial charge in [0, 0.05) is 0 Å². The third-order valence-corrected chi connectivity index (χ3v) is 21.1. The van der Waals surface area contributed by atoms with Gasteiger partial charge < -0.3 is 8.85 Å². The first-order valence-electron chi connectivity index (χ1n) is 14.9. The van der Waals surface area contributed by atoms with Crippen LogP contribution in [0, 0.1) is 5.92 Å². The molecule has 0 radical (unpaired) electrons. The molecule has 0 spiro atoms. The summed E-state index contributed by atoms with van der Waals surface area (Å²) in [5, 5.41) is 0. The lowest BCUT2D eigenvalue weighted by Crippen LogP contribution is -2.59. The van der Waals surface area contributed by atoms with Crippen LogP contribution in [0.3, 0.4) is 0 Å². The van der Waals surface area contributed by atoms with Gasteiger partial charge in [-0.15, -0.1) is 0 Å². The van der Waals surface area contributed by atoms with Crippen LogP contribution in [0.5, 0.6) is 0 Å². The highest BCUT2D eigenvalue weighted by atomic mass is 28.4. The van der Waals surface area contributed by atoms with Gasteiger partial charge in [0.15, 0.2) is 16.6 Å². The fourth-order valence-electron chi connectivity index (χ4n) is 8.74. The van der Waals surface area contributed by atoms with Crippen LogP contribution in [-0.2, 0) is 8.85 Å². The molecule has 4 heteroatoms.